The van der Waals surface area contributed by atoms with Crippen LogP contribution in [0.4, 0.5) is 0 Å². The molecule has 0 N–H and O–H groups in total. The quantitative estimate of drug-likeness (QED) is 0.631. The molecule has 18 heavy (non-hydrogen) atoms. The van der Waals surface area contributed by atoms with E-state index < -0.39 is 0 Å². The molecule has 0 radical (unpaired) electrons. The number of hydrogen-bond acceptors (Lipinski definition) is 4. The molecule has 0 bridgehead atoms. The summed E-state index contributed by atoms with van der Waals surface area (Å²) < 4.78 is 0.897. The van der Waals surface area contributed by atoms with E-state index in [2.05, 4.69) is 16.0 Å². The molecular weight excluding hydrogens is 266 g/mol. The number of rotatable bonds is 1. The van der Waals surface area contributed by atoms with Gasteiger partial charge in [-0.25, -0.2) is 9.97 Å². The summed E-state index contributed by atoms with van der Waals surface area (Å²) >= 11 is 7.64. The van der Waals surface area contributed by atoms with Crippen LogP contribution in [0.1, 0.15) is 5.56 Å². The molecule has 86 valence electrons. The van der Waals surface area contributed by atoms with E-state index in [1.807, 2.05) is 23.6 Å². The Morgan fingerprint density at radius 3 is 2.61 bits per heavy atom. The lowest BCUT2D eigenvalue weighted by Gasteiger charge is -2.01. The molecule has 0 unspecified atom stereocenters. The van der Waals surface area contributed by atoms with Gasteiger partial charge in [0.15, 0.2) is 11.0 Å². The third kappa shape index (κ3) is 1.84. The normalized spacial score (nSPS) is 10.4. The minimum absolute atomic E-state index is 0.467. The average Bonchev–Trinajstić information content (AvgIpc) is 2.88. The zero-order valence-electron chi connectivity index (χ0n) is 9.09. The number of benzene rings is 1. The van der Waals surface area contributed by atoms with Crippen LogP contribution in [0, 0.1) is 11.3 Å². The summed E-state index contributed by atoms with van der Waals surface area (Å²) in [7, 11) is 0. The van der Waals surface area contributed by atoms with Gasteiger partial charge in [-0.2, -0.15) is 5.26 Å². The number of nitriles is 1. The number of aromatic nitrogens is 2. The largest absolute Gasteiger partial charge is 0.227 e. The average molecular weight is 272 g/mol. The second-order valence-corrected chi connectivity index (χ2v) is 4.94. The third-order valence-corrected chi connectivity index (χ3v) is 3.83. The van der Waals surface area contributed by atoms with Crippen molar-refractivity contribution in [3.63, 3.8) is 0 Å². The highest BCUT2D eigenvalue weighted by atomic mass is 35.5. The first-order chi connectivity index (χ1) is 8.78. The van der Waals surface area contributed by atoms with Crippen molar-refractivity contribution in [3.8, 4) is 17.5 Å². The van der Waals surface area contributed by atoms with Crippen molar-refractivity contribution in [1.82, 2.24) is 9.97 Å². The molecule has 2 aromatic heterocycles. The van der Waals surface area contributed by atoms with Gasteiger partial charge in [0.05, 0.1) is 21.8 Å². The van der Waals surface area contributed by atoms with Crippen LogP contribution in [0.5, 0.6) is 0 Å². The lowest BCUT2D eigenvalue weighted by Crippen LogP contribution is -1.89. The molecule has 0 saturated heterocycles. The topological polar surface area (TPSA) is 49.6 Å². The van der Waals surface area contributed by atoms with Crippen LogP contribution in [0.2, 0.25) is 5.15 Å². The van der Waals surface area contributed by atoms with Gasteiger partial charge in [0, 0.05) is 5.56 Å². The van der Waals surface area contributed by atoms with Gasteiger partial charge in [0.2, 0.25) is 0 Å². The fraction of sp³-hybridized carbons (Fsp3) is 0. The minimum Gasteiger partial charge on any atom is -0.227 e. The Labute approximate surface area is 112 Å². The molecule has 0 spiro atoms. The molecule has 1 aromatic carbocycles. The molecule has 0 fully saturated rings. The fourth-order valence-electron chi connectivity index (χ4n) is 1.65. The van der Waals surface area contributed by atoms with E-state index >= 15 is 0 Å². The van der Waals surface area contributed by atoms with E-state index in [4.69, 9.17) is 16.9 Å². The van der Waals surface area contributed by atoms with E-state index in [0.29, 0.717) is 16.5 Å². The van der Waals surface area contributed by atoms with Gasteiger partial charge in [0.1, 0.15) is 0 Å². The monoisotopic (exact) mass is 271 g/mol. The molecule has 5 heteroatoms. The zero-order chi connectivity index (χ0) is 12.5. The Morgan fingerprint density at radius 2 is 1.89 bits per heavy atom. The summed E-state index contributed by atoms with van der Waals surface area (Å²) in [4.78, 5) is 8.73. The van der Waals surface area contributed by atoms with Crippen LogP contribution in [0.3, 0.4) is 0 Å². The summed E-state index contributed by atoms with van der Waals surface area (Å²) in [6.07, 6.45) is 0. The summed E-state index contributed by atoms with van der Waals surface area (Å²) in [6, 6.07) is 11.1. The molecule has 0 aliphatic carbocycles. The number of hydrogen-bond donors (Lipinski definition) is 0. The van der Waals surface area contributed by atoms with Crippen LogP contribution < -0.4 is 0 Å². The van der Waals surface area contributed by atoms with Crippen molar-refractivity contribution in [3.05, 3.63) is 46.4 Å². The van der Waals surface area contributed by atoms with Crippen LogP contribution in [0.15, 0.2) is 35.7 Å². The summed E-state index contributed by atoms with van der Waals surface area (Å²) in [5.41, 5.74) is 2.31. The molecule has 0 atom stereocenters. The van der Waals surface area contributed by atoms with E-state index in [-0.39, 0.29) is 0 Å². The van der Waals surface area contributed by atoms with E-state index in [0.717, 1.165) is 15.8 Å². The number of fused-ring (bicyclic) bond motifs is 1. The Hall–Kier alpha value is -1.96. The highest BCUT2D eigenvalue weighted by Gasteiger charge is 2.08. The van der Waals surface area contributed by atoms with Crippen molar-refractivity contribution in [1.29, 1.82) is 5.26 Å². The number of nitrogens with zero attached hydrogens (tertiary/aromatic N) is 3. The lowest BCUT2D eigenvalue weighted by atomic mass is 10.1. The highest BCUT2D eigenvalue weighted by molar-refractivity contribution is 7.17. The Balaban J connectivity index is 2.15. The van der Waals surface area contributed by atoms with E-state index in [1.54, 1.807) is 12.1 Å². The second kappa shape index (κ2) is 4.37. The van der Waals surface area contributed by atoms with Gasteiger partial charge in [-0.05, 0) is 35.7 Å². The summed E-state index contributed by atoms with van der Waals surface area (Å²) in [5.74, 6) is 0.579. The van der Waals surface area contributed by atoms with E-state index in [9.17, 15) is 0 Å². The highest BCUT2D eigenvalue weighted by Crippen LogP contribution is 2.28. The Kier molecular flexibility index (Phi) is 2.71. The SMILES string of the molecule is N#Cc1ccc(-c2nc(Cl)c3sccc3n2)cc1. The fourth-order valence-corrected chi connectivity index (χ4v) is 2.67. The number of halogens is 1. The molecule has 0 aliphatic rings. The molecule has 3 rings (SSSR count). The van der Waals surface area contributed by atoms with Crippen molar-refractivity contribution < 1.29 is 0 Å². The van der Waals surface area contributed by atoms with Gasteiger partial charge in [-0.1, -0.05) is 11.6 Å². The third-order valence-electron chi connectivity index (χ3n) is 2.53. The first kappa shape index (κ1) is 11.1. The Morgan fingerprint density at radius 1 is 1.11 bits per heavy atom. The Bertz CT molecular complexity index is 756. The minimum atomic E-state index is 0.467. The van der Waals surface area contributed by atoms with Crippen molar-refractivity contribution >= 4 is 33.2 Å². The predicted octanol–water partition coefficient (Wildman–Crippen LogP) is 3.88. The van der Waals surface area contributed by atoms with E-state index in [1.165, 1.54) is 11.3 Å². The standard InChI is InChI=1S/C13H6ClN3S/c14-12-11-10(5-6-18-11)16-13(17-12)9-3-1-8(7-15)2-4-9/h1-6H. The number of thiophene rings is 1. The molecule has 0 saturated carbocycles. The predicted molar refractivity (Wildman–Crippen MR) is 72.6 cm³/mol. The van der Waals surface area contributed by atoms with Crippen LogP contribution in [0.25, 0.3) is 21.6 Å². The van der Waals surface area contributed by atoms with Gasteiger partial charge in [0.25, 0.3) is 0 Å². The molecular formula is C13H6ClN3S. The van der Waals surface area contributed by atoms with Gasteiger partial charge in [-0.15, -0.1) is 11.3 Å². The maximum Gasteiger partial charge on any atom is 0.161 e. The lowest BCUT2D eigenvalue weighted by molar-refractivity contribution is 1.23. The molecule has 0 aliphatic heterocycles. The summed E-state index contributed by atoms with van der Waals surface area (Å²) in [5, 5.41) is 11.2. The van der Waals surface area contributed by atoms with Crippen LogP contribution >= 0.6 is 22.9 Å². The maximum absolute atomic E-state index is 8.76. The maximum atomic E-state index is 8.76. The van der Waals surface area contributed by atoms with Crippen molar-refractivity contribution in [2.75, 3.05) is 0 Å². The van der Waals surface area contributed by atoms with Crippen molar-refractivity contribution in [2.24, 2.45) is 0 Å². The van der Waals surface area contributed by atoms with Crippen molar-refractivity contribution in [2.45, 2.75) is 0 Å². The first-order valence-electron chi connectivity index (χ1n) is 5.19. The first-order valence-corrected chi connectivity index (χ1v) is 6.45. The van der Waals surface area contributed by atoms with Gasteiger partial charge >= 0.3 is 0 Å². The van der Waals surface area contributed by atoms with Gasteiger partial charge in [-0.3, -0.25) is 0 Å². The molecule has 3 aromatic rings. The van der Waals surface area contributed by atoms with Crippen LogP contribution in [-0.2, 0) is 0 Å². The zero-order valence-corrected chi connectivity index (χ0v) is 10.7. The summed E-state index contributed by atoms with van der Waals surface area (Å²) in [6.45, 7) is 0. The van der Waals surface area contributed by atoms with Gasteiger partial charge < -0.3 is 0 Å². The molecule has 0 amide bonds. The second-order valence-electron chi connectivity index (χ2n) is 3.66. The molecule has 3 nitrogen and oxygen atoms in total. The molecule has 2 heterocycles. The smallest absolute Gasteiger partial charge is 0.161 e. The van der Waals surface area contributed by atoms with Crippen LogP contribution in [-0.4, -0.2) is 9.97 Å².